The van der Waals surface area contributed by atoms with Crippen LogP contribution in [0.25, 0.3) is 0 Å². The number of carboxylic acid groups (broad SMARTS) is 1. The van der Waals surface area contributed by atoms with Gasteiger partial charge in [0.05, 0.1) is 16.8 Å². The van der Waals surface area contributed by atoms with Crippen LogP contribution in [0.3, 0.4) is 0 Å². The molecule has 1 aromatic rings. The third kappa shape index (κ3) is 2.08. The van der Waals surface area contributed by atoms with Crippen molar-refractivity contribution in [1.29, 1.82) is 0 Å². The molecule has 0 aliphatic carbocycles. The molecule has 1 aliphatic heterocycles. The van der Waals surface area contributed by atoms with Crippen LogP contribution in [-0.4, -0.2) is 21.9 Å². The Kier molecular flexibility index (Phi) is 2.95. The molecule has 0 unspecified atom stereocenters. The number of aliphatic hydroxyl groups is 1. The van der Waals surface area contributed by atoms with Gasteiger partial charge in [0.25, 0.3) is 0 Å². The van der Waals surface area contributed by atoms with Gasteiger partial charge in [0, 0.05) is 5.25 Å². The highest BCUT2D eigenvalue weighted by molar-refractivity contribution is 8.01. The molecule has 1 saturated heterocycles. The minimum Gasteiger partial charge on any atom is -0.549 e. The van der Waals surface area contributed by atoms with E-state index in [0.29, 0.717) is 6.42 Å². The van der Waals surface area contributed by atoms with Crippen molar-refractivity contribution >= 4 is 17.7 Å². The van der Waals surface area contributed by atoms with Gasteiger partial charge in [0.1, 0.15) is 0 Å². The summed E-state index contributed by atoms with van der Waals surface area (Å²) < 4.78 is 0. The van der Waals surface area contributed by atoms with Gasteiger partial charge in [0.2, 0.25) is 0 Å². The van der Waals surface area contributed by atoms with E-state index in [9.17, 15) is 15.0 Å². The van der Waals surface area contributed by atoms with Gasteiger partial charge in [-0.05, 0) is 18.9 Å². The summed E-state index contributed by atoms with van der Waals surface area (Å²) in [5.74, 6) is -1.19. The van der Waals surface area contributed by atoms with Gasteiger partial charge >= 0.3 is 0 Å². The Morgan fingerprint density at radius 1 is 1.50 bits per heavy atom. The summed E-state index contributed by atoms with van der Waals surface area (Å²) >= 11 is 1.27. The maximum Gasteiger partial charge on any atom is 0.0804 e. The average Bonchev–Trinajstić information content (AvgIpc) is 2.56. The zero-order valence-corrected chi connectivity index (χ0v) is 9.74. The molecule has 3 nitrogen and oxygen atoms in total. The predicted octanol–water partition coefficient (Wildman–Crippen LogP) is 0.734. The number of carboxylic acids is 1. The summed E-state index contributed by atoms with van der Waals surface area (Å²) in [5.41, 5.74) is -0.138. The highest BCUT2D eigenvalue weighted by Crippen LogP contribution is 2.49. The van der Waals surface area contributed by atoms with E-state index in [2.05, 4.69) is 0 Å². The molecule has 0 bridgehead atoms. The second-order valence-electron chi connectivity index (χ2n) is 4.30. The van der Waals surface area contributed by atoms with Crippen molar-refractivity contribution in [1.82, 2.24) is 0 Å². The van der Waals surface area contributed by atoms with E-state index < -0.39 is 16.8 Å². The number of thioether (sulfide) groups is 1. The summed E-state index contributed by atoms with van der Waals surface area (Å²) in [4.78, 5) is 10.9. The van der Waals surface area contributed by atoms with Crippen LogP contribution in [0.2, 0.25) is 0 Å². The largest absolute Gasteiger partial charge is 0.549 e. The lowest BCUT2D eigenvalue weighted by atomic mass is 9.94. The van der Waals surface area contributed by atoms with Gasteiger partial charge in [-0.3, -0.25) is 0 Å². The first-order valence-electron chi connectivity index (χ1n) is 5.14. The molecule has 1 fully saturated rings. The van der Waals surface area contributed by atoms with E-state index >= 15 is 0 Å². The predicted molar refractivity (Wildman–Crippen MR) is 60.8 cm³/mol. The van der Waals surface area contributed by atoms with E-state index in [0.717, 1.165) is 5.56 Å². The number of hydrogen-bond acceptors (Lipinski definition) is 4. The van der Waals surface area contributed by atoms with Crippen LogP contribution >= 0.6 is 11.8 Å². The van der Waals surface area contributed by atoms with Gasteiger partial charge < -0.3 is 15.0 Å². The Balaban J connectivity index is 2.21. The van der Waals surface area contributed by atoms with Gasteiger partial charge in [-0.2, -0.15) is 0 Å². The Morgan fingerprint density at radius 3 is 2.62 bits per heavy atom. The third-order valence-corrected chi connectivity index (χ3v) is 4.59. The SMILES string of the molecule is C[C@@]1(O)C[C@H](c2ccccc2)S[C@@H]1C(=O)[O-]. The maximum absolute atomic E-state index is 10.9. The smallest absolute Gasteiger partial charge is 0.0804 e. The van der Waals surface area contributed by atoms with Crippen molar-refractivity contribution in [2.75, 3.05) is 0 Å². The lowest BCUT2D eigenvalue weighted by Gasteiger charge is -2.24. The monoisotopic (exact) mass is 237 g/mol. The minimum absolute atomic E-state index is 0.0269. The lowest BCUT2D eigenvalue weighted by Crippen LogP contribution is -2.45. The molecular weight excluding hydrogens is 224 g/mol. The molecule has 2 rings (SSSR count). The summed E-state index contributed by atoms with van der Waals surface area (Å²) in [7, 11) is 0. The number of carbonyl (C=O) groups excluding carboxylic acids is 1. The molecule has 86 valence electrons. The van der Waals surface area contributed by atoms with E-state index in [-0.39, 0.29) is 5.25 Å². The molecular formula is C12H13O3S-. The van der Waals surface area contributed by atoms with Gasteiger partial charge in [-0.15, -0.1) is 11.8 Å². The second-order valence-corrected chi connectivity index (χ2v) is 5.61. The highest BCUT2D eigenvalue weighted by atomic mass is 32.2. The number of hydrogen-bond donors (Lipinski definition) is 1. The Bertz CT molecular complexity index is 389. The van der Waals surface area contributed by atoms with Crippen LogP contribution in [-0.2, 0) is 4.79 Å². The first-order chi connectivity index (χ1) is 7.50. The van der Waals surface area contributed by atoms with Crippen molar-refractivity contribution in [3.05, 3.63) is 35.9 Å². The molecule has 1 aliphatic rings. The Labute approximate surface area is 98.5 Å². The first kappa shape index (κ1) is 11.5. The molecule has 0 spiro atoms. The molecule has 0 aromatic heterocycles. The van der Waals surface area contributed by atoms with Crippen LogP contribution in [0.5, 0.6) is 0 Å². The van der Waals surface area contributed by atoms with Crippen LogP contribution < -0.4 is 5.11 Å². The highest BCUT2D eigenvalue weighted by Gasteiger charge is 2.44. The first-order valence-corrected chi connectivity index (χ1v) is 6.08. The van der Waals surface area contributed by atoms with Gasteiger partial charge in [-0.25, -0.2) is 0 Å². The lowest BCUT2D eigenvalue weighted by molar-refractivity contribution is -0.307. The molecule has 4 heteroatoms. The molecule has 1 aromatic carbocycles. The van der Waals surface area contributed by atoms with E-state index in [1.54, 1.807) is 6.92 Å². The molecule has 0 saturated carbocycles. The number of carbonyl (C=O) groups is 1. The van der Waals surface area contributed by atoms with Crippen LogP contribution in [0, 0.1) is 0 Å². The molecule has 1 N–H and O–H groups in total. The standard InChI is InChI=1S/C12H14O3S/c1-12(15)7-9(16-10(12)11(13)14)8-5-3-2-4-6-8/h2-6,9-10,15H,7H2,1H3,(H,13,14)/p-1/t9-,10-,12-/m1/s1. The summed E-state index contributed by atoms with van der Waals surface area (Å²) in [6.07, 6.45) is 0.445. The Morgan fingerprint density at radius 2 is 2.12 bits per heavy atom. The fraction of sp³-hybridized carbons (Fsp3) is 0.417. The van der Waals surface area contributed by atoms with E-state index in [1.807, 2.05) is 30.3 Å². The molecule has 3 atom stereocenters. The second kappa shape index (κ2) is 4.11. The molecule has 1 heterocycles. The molecule has 16 heavy (non-hydrogen) atoms. The van der Waals surface area contributed by atoms with Crippen molar-refractivity contribution in [2.24, 2.45) is 0 Å². The fourth-order valence-corrected chi connectivity index (χ4v) is 3.59. The van der Waals surface area contributed by atoms with Gasteiger partial charge in [0.15, 0.2) is 0 Å². The quantitative estimate of drug-likeness (QED) is 0.824. The minimum atomic E-state index is -1.19. The van der Waals surface area contributed by atoms with Crippen LogP contribution in [0.1, 0.15) is 24.2 Å². The summed E-state index contributed by atoms with van der Waals surface area (Å²) in [6, 6.07) is 9.64. The molecule has 0 amide bonds. The topological polar surface area (TPSA) is 60.4 Å². The fourth-order valence-electron chi connectivity index (χ4n) is 2.01. The Hall–Kier alpha value is -1.00. The summed E-state index contributed by atoms with van der Waals surface area (Å²) in [6.45, 7) is 1.56. The van der Waals surface area contributed by atoms with Gasteiger partial charge in [-0.1, -0.05) is 30.3 Å². The van der Waals surface area contributed by atoms with Crippen LogP contribution in [0.4, 0.5) is 0 Å². The molecule has 0 radical (unpaired) electrons. The van der Waals surface area contributed by atoms with Crippen molar-refractivity contribution in [2.45, 2.75) is 29.4 Å². The maximum atomic E-state index is 10.9. The normalized spacial score (nSPS) is 33.9. The van der Waals surface area contributed by atoms with E-state index in [1.165, 1.54) is 11.8 Å². The summed E-state index contributed by atoms with van der Waals surface area (Å²) in [5, 5.41) is 20.1. The third-order valence-electron chi connectivity index (χ3n) is 2.85. The number of aliphatic carboxylic acids is 1. The van der Waals surface area contributed by atoms with Crippen molar-refractivity contribution < 1.29 is 15.0 Å². The van der Waals surface area contributed by atoms with Crippen LogP contribution in [0.15, 0.2) is 30.3 Å². The van der Waals surface area contributed by atoms with Crippen molar-refractivity contribution in [3.8, 4) is 0 Å². The zero-order chi connectivity index (χ0) is 11.8. The number of rotatable bonds is 2. The van der Waals surface area contributed by atoms with E-state index in [4.69, 9.17) is 0 Å². The zero-order valence-electron chi connectivity index (χ0n) is 8.92. The average molecular weight is 237 g/mol. The number of benzene rings is 1. The van der Waals surface area contributed by atoms with Crippen molar-refractivity contribution in [3.63, 3.8) is 0 Å².